The molecule has 0 amide bonds. The Morgan fingerprint density at radius 1 is 1.27 bits per heavy atom. The first kappa shape index (κ1) is 11.5. The minimum Gasteiger partial charge on any atom is -0.477 e. The second kappa shape index (κ2) is 3.90. The molecule has 0 aliphatic rings. The van der Waals surface area contributed by atoms with Crippen molar-refractivity contribution in [3.63, 3.8) is 0 Å². The number of rotatable bonds is 3. The number of aliphatic hydroxyl groups is 1. The van der Waals surface area contributed by atoms with Gasteiger partial charge in [0.05, 0.1) is 0 Å². The van der Waals surface area contributed by atoms with Gasteiger partial charge in [-0.05, 0) is 17.7 Å². The molecular formula is C9H7F3O3. The van der Waals surface area contributed by atoms with Gasteiger partial charge in [-0.3, -0.25) is 0 Å². The second-order valence-corrected chi connectivity index (χ2v) is 2.88. The van der Waals surface area contributed by atoms with Crippen LogP contribution in [-0.2, 0) is 4.79 Å². The summed E-state index contributed by atoms with van der Waals surface area (Å²) in [7, 11) is 0. The molecule has 0 aliphatic heterocycles. The van der Waals surface area contributed by atoms with Crippen molar-refractivity contribution >= 4 is 5.97 Å². The lowest BCUT2D eigenvalue weighted by molar-refractivity contribution is -0.182. The number of carboxylic acid groups (broad SMARTS) is 1. The van der Waals surface area contributed by atoms with Crippen LogP contribution in [-0.4, -0.2) is 22.1 Å². The van der Waals surface area contributed by atoms with E-state index in [4.69, 9.17) is 10.2 Å². The molecule has 15 heavy (non-hydrogen) atoms. The van der Waals surface area contributed by atoms with Crippen LogP contribution in [0.3, 0.4) is 0 Å². The molecule has 1 rings (SSSR count). The van der Waals surface area contributed by atoms with E-state index >= 15 is 0 Å². The summed E-state index contributed by atoms with van der Waals surface area (Å²) in [5.74, 6) is -7.39. The summed E-state index contributed by atoms with van der Waals surface area (Å²) in [5.41, 5.74) is -0.358. The molecule has 1 unspecified atom stereocenters. The predicted octanol–water partition coefficient (Wildman–Crippen LogP) is 1.58. The molecule has 2 N–H and O–H groups in total. The number of alkyl halides is 2. The van der Waals surface area contributed by atoms with Crippen LogP contribution in [0.1, 0.15) is 11.7 Å². The molecule has 0 bridgehead atoms. The fourth-order valence-corrected chi connectivity index (χ4v) is 0.971. The lowest BCUT2D eigenvalue weighted by Crippen LogP contribution is -2.35. The van der Waals surface area contributed by atoms with Gasteiger partial charge in [-0.25, -0.2) is 9.18 Å². The molecule has 82 valence electrons. The largest absolute Gasteiger partial charge is 0.477 e. The fraction of sp³-hybridized carbons (Fsp3) is 0.222. The van der Waals surface area contributed by atoms with Crippen molar-refractivity contribution in [2.75, 3.05) is 0 Å². The highest BCUT2D eigenvalue weighted by molar-refractivity contribution is 5.76. The minimum absolute atomic E-state index is 0.358. The van der Waals surface area contributed by atoms with Crippen LogP contribution in [0, 0.1) is 5.82 Å². The summed E-state index contributed by atoms with van der Waals surface area (Å²) in [5, 5.41) is 17.2. The van der Waals surface area contributed by atoms with Crippen LogP contribution in [0.5, 0.6) is 0 Å². The molecule has 3 nitrogen and oxygen atoms in total. The first-order chi connectivity index (χ1) is 6.85. The first-order valence-corrected chi connectivity index (χ1v) is 3.90. The molecule has 0 fully saturated rings. The lowest BCUT2D eigenvalue weighted by atomic mass is 10.0. The number of hydrogen-bond donors (Lipinski definition) is 2. The molecule has 0 heterocycles. The lowest BCUT2D eigenvalue weighted by Gasteiger charge is -2.18. The summed E-state index contributed by atoms with van der Waals surface area (Å²) >= 11 is 0. The fourth-order valence-electron chi connectivity index (χ4n) is 0.971. The summed E-state index contributed by atoms with van der Waals surface area (Å²) in [6, 6.07) is 3.51. The second-order valence-electron chi connectivity index (χ2n) is 2.88. The van der Waals surface area contributed by atoms with Crippen molar-refractivity contribution in [1.82, 2.24) is 0 Å². The van der Waals surface area contributed by atoms with Crippen molar-refractivity contribution in [2.45, 2.75) is 12.0 Å². The third kappa shape index (κ3) is 2.27. The van der Waals surface area contributed by atoms with Gasteiger partial charge in [0.15, 0.2) is 6.10 Å². The maximum Gasteiger partial charge on any atom is 0.377 e. The SMILES string of the molecule is O=C(O)C(F)(F)C(O)c1ccc(F)cc1. The molecule has 1 aromatic carbocycles. The Morgan fingerprint density at radius 2 is 1.73 bits per heavy atom. The van der Waals surface area contributed by atoms with Crippen LogP contribution in [0.25, 0.3) is 0 Å². The molecule has 0 radical (unpaired) electrons. The maximum absolute atomic E-state index is 12.8. The third-order valence-corrected chi connectivity index (χ3v) is 1.81. The van der Waals surface area contributed by atoms with Crippen molar-refractivity contribution in [3.8, 4) is 0 Å². The zero-order valence-corrected chi connectivity index (χ0v) is 7.32. The molecular weight excluding hydrogens is 213 g/mol. The monoisotopic (exact) mass is 220 g/mol. The van der Waals surface area contributed by atoms with Crippen LogP contribution >= 0.6 is 0 Å². The standard InChI is InChI=1S/C9H7F3O3/c10-6-3-1-5(2-4-6)7(13)9(11,12)8(14)15/h1-4,7,13H,(H,14,15). The minimum atomic E-state index is -4.29. The van der Waals surface area contributed by atoms with Crippen LogP contribution in [0.4, 0.5) is 13.2 Å². The van der Waals surface area contributed by atoms with Gasteiger partial charge in [-0.15, -0.1) is 0 Å². The molecule has 0 aromatic heterocycles. The predicted molar refractivity (Wildman–Crippen MR) is 43.9 cm³/mol. The first-order valence-electron chi connectivity index (χ1n) is 3.90. The average molecular weight is 220 g/mol. The van der Waals surface area contributed by atoms with Gasteiger partial charge in [0, 0.05) is 0 Å². The number of aliphatic carboxylic acids is 1. The van der Waals surface area contributed by atoms with Crippen LogP contribution in [0.2, 0.25) is 0 Å². The number of aliphatic hydroxyl groups excluding tert-OH is 1. The molecule has 0 spiro atoms. The third-order valence-electron chi connectivity index (χ3n) is 1.81. The number of carboxylic acids is 1. The van der Waals surface area contributed by atoms with Gasteiger partial charge in [0.1, 0.15) is 5.82 Å². The summed E-state index contributed by atoms with van der Waals surface area (Å²) in [4.78, 5) is 10.1. The number of benzene rings is 1. The van der Waals surface area contributed by atoms with Crippen LogP contribution < -0.4 is 0 Å². The summed E-state index contributed by atoms with van der Waals surface area (Å²) in [6.45, 7) is 0. The molecule has 0 aliphatic carbocycles. The van der Waals surface area contributed by atoms with E-state index in [1.807, 2.05) is 0 Å². The summed E-state index contributed by atoms with van der Waals surface area (Å²) < 4.78 is 38.0. The van der Waals surface area contributed by atoms with E-state index in [9.17, 15) is 18.0 Å². The number of carbonyl (C=O) groups is 1. The van der Waals surface area contributed by atoms with Gasteiger partial charge in [0.2, 0.25) is 0 Å². The Morgan fingerprint density at radius 3 is 2.13 bits per heavy atom. The quantitative estimate of drug-likeness (QED) is 0.813. The van der Waals surface area contributed by atoms with Crippen LogP contribution in [0.15, 0.2) is 24.3 Å². The van der Waals surface area contributed by atoms with Crippen molar-refractivity contribution in [3.05, 3.63) is 35.6 Å². The molecule has 0 saturated heterocycles. The van der Waals surface area contributed by atoms with Gasteiger partial charge in [-0.2, -0.15) is 8.78 Å². The zero-order valence-electron chi connectivity index (χ0n) is 7.32. The van der Waals surface area contributed by atoms with Gasteiger partial charge in [-0.1, -0.05) is 12.1 Å². The summed E-state index contributed by atoms with van der Waals surface area (Å²) in [6.07, 6.45) is -2.49. The Bertz CT molecular complexity index is 361. The molecule has 1 aromatic rings. The van der Waals surface area contributed by atoms with E-state index in [0.717, 1.165) is 24.3 Å². The Balaban J connectivity index is 2.99. The van der Waals surface area contributed by atoms with E-state index in [0.29, 0.717) is 0 Å². The topological polar surface area (TPSA) is 57.5 Å². The highest BCUT2D eigenvalue weighted by atomic mass is 19.3. The van der Waals surface area contributed by atoms with Gasteiger partial charge < -0.3 is 10.2 Å². The van der Waals surface area contributed by atoms with E-state index in [-0.39, 0.29) is 5.56 Å². The highest BCUT2D eigenvalue weighted by Crippen LogP contribution is 2.31. The Labute approximate surface area is 82.8 Å². The molecule has 6 heteroatoms. The Hall–Kier alpha value is -1.56. The van der Waals surface area contributed by atoms with Gasteiger partial charge >= 0.3 is 11.9 Å². The smallest absolute Gasteiger partial charge is 0.377 e. The van der Waals surface area contributed by atoms with E-state index in [1.54, 1.807) is 0 Å². The Kier molecular flexibility index (Phi) is 2.99. The van der Waals surface area contributed by atoms with Crippen molar-refractivity contribution < 1.29 is 28.2 Å². The normalized spacial score (nSPS) is 13.6. The van der Waals surface area contributed by atoms with Crippen molar-refractivity contribution in [1.29, 1.82) is 0 Å². The van der Waals surface area contributed by atoms with E-state index in [2.05, 4.69) is 0 Å². The maximum atomic E-state index is 12.8. The highest BCUT2D eigenvalue weighted by Gasteiger charge is 2.47. The number of hydrogen-bond acceptors (Lipinski definition) is 2. The van der Waals surface area contributed by atoms with E-state index < -0.39 is 23.8 Å². The van der Waals surface area contributed by atoms with Crippen molar-refractivity contribution in [2.24, 2.45) is 0 Å². The van der Waals surface area contributed by atoms with Gasteiger partial charge in [0.25, 0.3) is 0 Å². The zero-order chi connectivity index (χ0) is 11.6. The average Bonchev–Trinajstić information content (AvgIpc) is 2.17. The molecule has 0 saturated carbocycles. The molecule has 1 atom stereocenters. The number of halogens is 3. The van der Waals surface area contributed by atoms with E-state index in [1.165, 1.54) is 0 Å².